The van der Waals surface area contributed by atoms with Crippen molar-refractivity contribution in [3.05, 3.63) is 64.4 Å². The molecule has 150 valence electrons. The Morgan fingerprint density at radius 2 is 2.00 bits per heavy atom. The van der Waals surface area contributed by atoms with Gasteiger partial charge in [0, 0.05) is 17.8 Å². The number of ether oxygens (including phenoxy) is 1. The molecule has 0 radical (unpaired) electrons. The zero-order chi connectivity index (χ0) is 21.1. The standard InChI is InChI=1S/C20H14F2N6OS/c1-3-14-5-7-17(30-14)15-6-9-19(26-25-15)29-11-16-12(2)24-27-28(16)18-8-4-13(10-23-18)20(21)22/h1,4-10,20H,11H2,2H3. The van der Waals surface area contributed by atoms with Gasteiger partial charge in [0.25, 0.3) is 6.43 Å². The predicted molar refractivity (Wildman–Crippen MR) is 106 cm³/mol. The third-order valence-electron chi connectivity index (χ3n) is 4.19. The molecule has 0 unspecified atom stereocenters. The van der Waals surface area contributed by atoms with Gasteiger partial charge in [-0.3, -0.25) is 0 Å². The highest BCUT2D eigenvalue weighted by atomic mass is 32.1. The zero-order valence-electron chi connectivity index (χ0n) is 15.7. The Kier molecular flexibility index (Phi) is 5.45. The van der Waals surface area contributed by atoms with E-state index in [1.54, 1.807) is 19.1 Å². The molecule has 4 rings (SSSR count). The smallest absolute Gasteiger partial charge is 0.265 e. The number of nitrogens with zero attached hydrogens (tertiary/aromatic N) is 6. The summed E-state index contributed by atoms with van der Waals surface area (Å²) in [4.78, 5) is 5.77. The highest BCUT2D eigenvalue weighted by Gasteiger charge is 2.15. The average Bonchev–Trinajstić information content (AvgIpc) is 3.39. The summed E-state index contributed by atoms with van der Waals surface area (Å²) in [5.41, 5.74) is 1.78. The highest BCUT2D eigenvalue weighted by Crippen LogP contribution is 2.26. The topological polar surface area (TPSA) is 78.6 Å². The maximum absolute atomic E-state index is 12.7. The second-order valence-corrected chi connectivity index (χ2v) is 7.22. The first-order chi connectivity index (χ1) is 14.5. The van der Waals surface area contributed by atoms with Crippen LogP contribution in [0.2, 0.25) is 0 Å². The minimum Gasteiger partial charge on any atom is -0.470 e. The number of hydrogen-bond donors (Lipinski definition) is 0. The van der Waals surface area contributed by atoms with E-state index in [0.717, 1.165) is 16.0 Å². The van der Waals surface area contributed by atoms with Crippen LogP contribution >= 0.6 is 11.3 Å². The first kappa shape index (κ1) is 19.6. The van der Waals surface area contributed by atoms with Crippen LogP contribution in [-0.2, 0) is 6.61 Å². The number of aromatic nitrogens is 6. The number of rotatable bonds is 6. The molecule has 0 aliphatic carbocycles. The number of hydrogen-bond acceptors (Lipinski definition) is 7. The van der Waals surface area contributed by atoms with Gasteiger partial charge in [0.05, 0.1) is 15.4 Å². The van der Waals surface area contributed by atoms with Crippen molar-refractivity contribution in [3.63, 3.8) is 0 Å². The first-order valence-corrected chi connectivity index (χ1v) is 9.56. The lowest BCUT2D eigenvalue weighted by atomic mass is 10.3. The van der Waals surface area contributed by atoms with Crippen LogP contribution in [0.25, 0.3) is 16.4 Å². The Hall–Kier alpha value is -3.71. The molecular weight excluding hydrogens is 410 g/mol. The Balaban J connectivity index is 1.49. The van der Waals surface area contributed by atoms with Gasteiger partial charge in [-0.25, -0.2) is 13.8 Å². The zero-order valence-corrected chi connectivity index (χ0v) is 16.5. The molecule has 10 heteroatoms. The summed E-state index contributed by atoms with van der Waals surface area (Å²) in [6.07, 6.45) is 3.92. The van der Waals surface area contributed by atoms with Gasteiger partial charge >= 0.3 is 0 Å². The molecule has 4 aromatic rings. The van der Waals surface area contributed by atoms with E-state index in [9.17, 15) is 8.78 Å². The molecule has 4 aromatic heterocycles. The summed E-state index contributed by atoms with van der Waals surface area (Å²) < 4.78 is 32.6. The molecule has 0 N–H and O–H groups in total. The van der Waals surface area contributed by atoms with Crippen LogP contribution in [0.4, 0.5) is 8.78 Å². The summed E-state index contributed by atoms with van der Waals surface area (Å²) >= 11 is 1.45. The summed E-state index contributed by atoms with van der Waals surface area (Å²) in [6.45, 7) is 1.87. The molecule has 0 aliphatic heterocycles. The van der Waals surface area contributed by atoms with Gasteiger partial charge < -0.3 is 4.74 Å². The van der Waals surface area contributed by atoms with Crippen molar-refractivity contribution in [2.75, 3.05) is 0 Å². The van der Waals surface area contributed by atoms with Crippen LogP contribution in [0.3, 0.4) is 0 Å². The van der Waals surface area contributed by atoms with Crippen molar-refractivity contribution in [1.29, 1.82) is 0 Å². The maximum Gasteiger partial charge on any atom is 0.265 e. The second-order valence-electron chi connectivity index (χ2n) is 6.14. The molecule has 0 bridgehead atoms. The van der Waals surface area contributed by atoms with Crippen LogP contribution in [0.5, 0.6) is 5.88 Å². The minimum absolute atomic E-state index is 0.103. The van der Waals surface area contributed by atoms with Gasteiger partial charge in [-0.1, -0.05) is 11.1 Å². The lowest BCUT2D eigenvalue weighted by Gasteiger charge is -2.08. The Morgan fingerprint density at radius 3 is 2.63 bits per heavy atom. The fourth-order valence-electron chi connectivity index (χ4n) is 2.60. The molecule has 30 heavy (non-hydrogen) atoms. The van der Waals surface area contributed by atoms with E-state index in [-0.39, 0.29) is 12.2 Å². The van der Waals surface area contributed by atoms with Gasteiger partial charge in [0.15, 0.2) is 5.82 Å². The lowest BCUT2D eigenvalue weighted by molar-refractivity contribution is 0.151. The van der Waals surface area contributed by atoms with Crippen LogP contribution in [0.1, 0.15) is 28.3 Å². The number of pyridine rings is 1. The molecule has 0 spiro atoms. The van der Waals surface area contributed by atoms with Crippen LogP contribution in [0.15, 0.2) is 42.6 Å². The van der Waals surface area contributed by atoms with Gasteiger partial charge in [-0.05, 0) is 37.3 Å². The third kappa shape index (κ3) is 4.01. The van der Waals surface area contributed by atoms with Crippen LogP contribution in [-0.4, -0.2) is 30.2 Å². The minimum atomic E-state index is -2.58. The molecule has 0 saturated carbocycles. The Labute approximate surface area is 174 Å². The van der Waals surface area contributed by atoms with E-state index in [1.807, 2.05) is 12.1 Å². The number of alkyl halides is 2. The molecule has 0 atom stereocenters. The average molecular weight is 424 g/mol. The number of thiophene rings is 1. The van der Waals surface area contributed by atoms with Crippen molar-refractivity contribution in [1.82, 2.24) is 30.2 Å². The molecule has 0 aromatic carbocycles. The van der Waals surface area contributed by atoms with E-state index >= 15 is 0 Å². The quantitative estimate of drug-likeness (QED) is 0.436. The van der Waals surface area contributed by atoms with E-state index in [1.165, 1.54) is 28.2 Å². The van der Waals surface area contributed by atoms with Gasteiger partial charge in [0.2, 0.25) is 5.88 Å². The summed E-state index contributed by atoms with van der Waals surface area (Å²) in [5, 5.41) is 16.3. The van der Waals surface area contributed by atoms with E-state index in [0.29, 0.717) is 28.8 Å². The van der Waals surface area contributed by atoms with Crippen LogP contribution in [0, 0.1) is 19.3 Å². The third-order valence-corrected chi connectivity index (χ3v) is 5.23. The van der Waals surface area contributed by atoms with E-state index < -0.39 is 6.43 Å². The van der Waals surface area contributed by atoms with Gasteiger partial charge in [-0.2, -0.15) is 4.68 Å². The summed E-state index contributed by atoms with van der Waals surface area (Å²) in [6, 6.07) is 10.0. The summed E-state index contributed by atoms with van der Waals surface area (Å²) in [5.74, 6) is 3.27. The number of terminal acetylenes is 1. The molecule has 0 saturated heterocycles. The SMILES string of the molecule is C#Cc1ccc(-c2ccc(OCc3c(C)nnn3-c3ccc(C(F)F)cn3)nn2)s1. The fraction of sp³-hybridized carbons (Fsp3) is 0.150. The monoisotopic (exact) mass is 424 g/mol. The number of halogens is 2. The molecule has 4 heterocycles. The first-order valence-electron chi connectivity index (χ1n) is 8.74. The normalized spacial score (nSPS) is 10.9. The van der Waals surface area contributed by atoms with Crippen molar-refractivity contribution < 1.29 is 13.5 Å². The molecule has 7 nitrogen and oxygen atoms in total. The van der Waals surface area contributed by atoms with Crippen molar-refractivity contribution >= 4 is 11.3 Å². The Bertz CT molecular complexity index is 1200. The van der Waals surface area contributed by atoms with Gasteiger partial charge in [0.1, 0.15) is 18.0 Å². The van der Waals surface area contributed by atoms with Gasteiger partial charge in [-0.15, -0.1) is 33.1 Å². The predicted octanol–water partition coefficient (Wildman–Crippen LogP) is 3.99. The van der Waals surface area contributed by atoms with Crippen molar-refractivity contribution in [3.8, 4) is 34.6 Å². The second kappa shape index (κ2) is 8.34. The van der Waals surface area contributed by atoms with Crippen LogP contribution < -0.4 is 4.74 Å². The van der Waals surface area contributed by atoms with Crippen molar-refractivity contribution in [2.45, 2.75) is 20.0 Å². The molecular formula is C20H14F2N6OS. The van der Waals surface area contributed by atoms with E-state index in [4.69, 9.17) is 11.2 Å². The number of aryl methyl sites for hydroxylation is 1. The highest BCUT2D eigenvalue weighted by molar-refractivity contribution is 7.16. The molecule has 0 amide bonds. The Morgan fingerprint density at radius 1 is 1.13 bits per heavy atom. The van der Waals surface area contributed by atoms with Crippen molar-refractivity contribution in [2.24, 2.45) is 0 Å². The maximum atomic E-state index is 12.7. The fourth-order valence-corrected chi connectivity index (χ4v) is 3.38. The molecule has 0 aliphatic rings. The van der Waals surface area contributed by atoms with E-state index in [2.05, 4.69) is 31.4 Å². The largest absolute Gasteiger partial charge is 0.470 e. The lowest BCUT2D eigenvalue weighted by Crippen LogP contribution is -2.09. The molecule has 0 fully saturated rings. The summed E-state index contributed by atoms with van der Waals surface area (Å²) in [7, 11) is 0.